The van der Waals surface area contributed by atoms with Gasteiger partial charge in [0.2, 0.25) is 0 Å². The molecule has 4 saturated carbocycles. The normalized spacial score (nSPS) is 46.4. The third kappa shape index (κ3) is 1.76. The van der Waals surface area contributed by atoms with Gasteiger partial charge in [0.1, 0.15) is 0 Å². The number of hydrogen-bond acceptors (Lipinski definition) is 2. The highest BCUT2D eigenvalue weighted by atomic mass is 14.9. The van der Waals surface area contributed by atoms with Gasteiger partial charge in [0.05, 0.1) is 0 Å². The molecular formula is C15H26N2. The van der Waals surface area contributed by atoms with Gasteiger partial charge in [-0.2, -0.15) is 0 Å². The van der Waals surface area contributed by atoms with E-state index in [-0.39, 0.29) is 0 Å². The van der Waals surface area contributed by atoms with E-state index in [0.29, 0.717) is 6.04 Å². The van der Waals surface area contributed by atoms with Gasteiger partial charge in [-0.3, -0.25) is 0 Å². The van der Waals surface area contributed by atoms with Crippen molar-refractivity contribution in [2.75, 3.05) is 13.1 Å². The van der Waals surface area contributed by atoms with Crippen molar-refractivity contribution in [3.05, 3.63) is 0 Å². The lowest BCUT2D eigenvalue weighted by Gasteiger charge is -2.29. The quantitative estimate of drug-likeness (QED) is 0.765. The molecule has 4 aliphatic rings. The average Bonchev–Trinajstić information content (AvgIpc) is 3.22. The van der Waals surface area contributed by atoms with Crippen LogP contribution in [0.4, 0.5) is 0 Å². The molecule has 4 fully saturated rings. The summed E-state index contributed by atoms with van der Waals surface area (Å²) in [6.45, 7) is 2.50. The van der Waals surface area contributed by atoms with E-state index < -0.39 is 0 Å². The highest BCUT2D eigenvalue weighted by Gasteiger charge is 2.53. The van der Waals surface area contributed by atoms with Crippen LogP contribution < -0.4 is 11.1 Å². The molecule has 4 unspecified atom stereocenters. The van der Waals surface area contributed by atoms with Gasteiger partial charge in [-0.15, -0.1) is 0 Å². The zero-order valence-corrected chi connectivity index (χ0v) is 10.8. The lowest BCUT2D eigenvalue weighted by Crippen LogP contribution is -2.42. The van der Waals surface area contributed by atoms with Gasteiger partial charge in [-0.25, -0.2) is 0 Å². The molecule has 3 N–H and O–H groups in total. The lowest BCUT2D eigenvalue weighted by molar-refractivity contribution is 0.268. The van der Waals surface area contributed by atoms with Crippen molar-refractivity contribution < 1.29 is 0 Å². The third-order valence-electron chi connectivity index (χ3n) is 6.35. The van der Waals surface area contributed by atoms with Crippen molar-refractivity contribution in [1.29, 1.82) is 0 Å². The van der Waals surface area contributed by atoms with E-state index in [2.05, 4.69) is 5.32 Å². The Kier molecular flexibility index (Phi) is 2.36. The Morgan fingerprint density at radius 2 is 1.82 bits per heavy atom. The van der Waals surface area contributed by atoms with E-state index in [4.69, 9.17) is 5.73 Å². The van der Waals surface area contributed by atoms with Crippen molar-refractivity contribution in [1.82, 2.24) is 5.32 Å². The van der Waals surface area contributed by atoms with Crippen LogP contribution in [-0.4, -0.2) is 19.1 Å². The molecule has 4 atom stereocenters. The number of fused-ring (bicyclic) bond motifs is 2. The molecule has 4 rings (SSSR count). The first-order valence-electron chi connectivity index (χ1n) is 7.75. The lowest BCUT2D eigenvalue weighted by atomic mass is 9.85. The van der Waals surface area contributed by atoms with Crippen molar-refractivity contribution in [3.8, 4) is 0 Å². The van der Waals surface area contributed by atoms with Gasteiger partial charge < -0.3 is 11.1 Å². The summed E-state index contributed by atoms with van der Waals surface area (Å²) in [7, 11) is 0. The average molecular weight is 234 g/mol. The number of hydrogen-bond donors (Lipinski definition) is 2. The fraction of sp³-hybridized carbons (Fsp3) is 1.00. The molecule has 2 nitrogen and oxygen atoms in total. The topological polar surface area (TPSA) is 38.0 Å². The third-order valence-corrected chi connectivity index (χ3v) is 6.35. The summed E-state index contributed by atoms with van der Waals surface area (Å²) >= 11 is 0. The minimum absolute atomic E-state index is 0.511. The summed E-state index contributed by atoms with van der Waals surface area (Å²) in [5, 5.41) is 3.79. The van der Waals surface area contributed by atoms with Crippen molar-refractivity contribution in [2.24, 2.45) is 34.8 Å². The molecule has 2 heteroatoms. The Morgan fingerprint density at radius 3 is 2.41 bits per heavy atom. The summed E-state index contributed by atoms with van der Waals surface area (Å²) in [4.78, 5) is 0. The zero-order valence-electron chi connectivity index (χ0n) is 10.8. The second-order valence-corrected chi connectivity index (χ2v) is 7.34. The second-order valence-electron chi connectivity index (χ2n) is 7.34. The summed E-state index contributed by atoms with van der Waals surface area (Å²) in [6, 6.07) is 0.511. The van der Waals surface area contributed by atoms with Gasteiger partial charge in [0.15, 0.2) is 0 Å². The van der Waals surface area contributed by atoms with Gasteiger partial charge >= 0.3 is 0 Å². The van der Waals surface area contributed by atoms with E-state index in [1.165, 1.54) is 58.0 Å². The van der Waals surface area contributed by atoms with Crippen LogP contribution in [0, 0.1) is 29.1 Å². The van der Waals surface area contributed by atoms with Gasteiger partial charge in [-0.1, -0.05) is 0 Å². The molecule has 0 aliphatic heterocycles. The van der Waals surface area contributed by atoms with Crippen LogP contribution in [0.1, 0.15) is 44.9 Å². The molecule has 0 spiro atoms. The Hall–Kier alpha value is -0.0800. The molecule has 4 aliphatic carbocycles. The predicted octanol–water partition coefficient (Wildman–Crippen LogP) is 2.14. The minimum atomic E-state index is 0.511. The number of nitrogens with two attached hydrogens (primary N) is 1. The molecule has 0 heterocycles. The van der Waals surface area contributed by atoms with E-state index >= 15 is 0 Å². The molecule has 2 bridgehead atoms. The van der Waals surface area contributed by atoms with Crippen molar-refractivity contribution >= 4 is 0 Å². The molecule has 0 saturated heterocycles. The monoisotopic (exact) mass is 234 g/mol. The number of nitrogens with one attached hydrogen (secondary N) is 1. The Labute approximate surface area is 105 Å². The first-order valence-corrected chi connectivity index (χ1v) is 7.75. The molecular weight excluding hydrogens is 208 g/mol. The van der Waals surface area contributed by atoms with Gasteiger partial charge in [0.25, 0.3) is 0 Å². The Balaban J connectivity index is 1.28. The Morgan fingerprint density at radius 1 is 1.06 bits per heavy atom. The van der Waals surface area contributed by atoms with E-state index in [1.807, 2.05) is 0 Å². The SMILES string of the molecule is NC1C2CCC(C2)C1CNCC1(C2CC2)CC1. The van der Waals surface area contributed by atoms with Crippen LogP contribution in [0.25, 0.3) is 0 Å². The first kappa shape index (κ1) is 10.8. The van der Waals surface area contributed by atoms with Gasteiger partial charge in [0, 0.05) is 12.6 Å². The summed E-state index contributed by atoms with van der Waals surface area (Å²) in [6.07, 6.45) is 10.3. The summed E-state index contributed by atoms with van der Waals surface area (Å²) in [5.41, 5.74) is 7.11. The van der Waals surface area contributed by atoms with Crippen LogP contribution in [0.15, 0.2) is 0 Å². The predicted molar refractivity (Wildman–Crippen MR) is 69.6 cm³/mol. The minimum Gasteiger partial charge on any atom is -0.327 e. The summed E-state index contributed by atoms with van der Waals surface area (Å²) < 4.78 is 0. The van der Waals surface area contributed by atoms with E-state index in [9.17, 15) is 0 Å². The smallest absolute Gasteiger partial charge is 0.0110 e. The molecule has 0 aromatic carbocycles. The maximum Gasteiger partial charge on any atom is 0.0110 e. The maximum atomic E-state index is 6.36. The second kappa shape index (κ2) is 3.71. The van der Waals surface area contributed by atoms with Crippen molar-refractivity contribution in [2.45, 2.75) is 51.0 Å². The van der Waals surface area contributed by atoms with Gasteiger partial charge in [-0.05, 0) is 80.6 Å². The largest absolute Gasteiger partial charge is 0.327 e. The molecule has 17 heavy (non-hydrogen) atoms. The standard InChI is InChI=1S/C15H26N2/c16-14-11-2-1-10(7-11)13(14)8-17-9-15(5-6-15)12-3-4-12/h10-14,17H,1-9,16H2. The number of rotatable bonds is 5. The molecule has 96 valence electrons. The van der Waals surface area contributed by atoms with E-state index in [0.717, 1.165) is 29.1 Å². The highest BCUT2D eigenvalue weighted by Crippen LogP contribution is 2.60. The van der Waals surface area contributed by atoms with Crippen molar-refractivity contribution in [3.63, 3.8) is 0 Å². The maximum absolute atomic E-state index is 6.36. The molecule has 0 aromatic rings. The summed E-state index contributed by atoms with van der Waals surface area (Å²) in [5.74, 6) is 3.70. The fourth-order valence-electron chi connectivity index (χ4n) is 4.83. The Bertz CT molecular complexity index is 304. The fourth-order valence-corrected chi connectivity index (χ4v) is 4.83. The first-order chi connectivity index (χ1) is 8.28. The molecule has 0 amide bonds. The van der Waals surface area contributed by atoms with E-state index in [1.54, 1.807) is 0 Å². The van der Waals surface area contributed by atoms with Crippen LogP contribution in [-0.2, 0) is 0 Å². The van der Waals surface area contributed by atoms with Crippen LogP contribution in [0.3, 0.4) is 0 Å². The van der Waals surface area contributed by atoms with Crippen LogP contribution in [0.2, 0.25) is 0 Å². The van der Waals surface area contributed by atoms with Crippen LogP contribution >= 0.6 is 0 Å². The zero-order chi connectivity index (χ0) is 11.5. The van der Waals surface area contributed by atoms with Crippen LogP contribution in [0.5, 0.6) is 0 Å². The highest BCUT2D eigenvalue weighted by molar-refractivity contribution is 5.06. The molecule has 0 radical (unpaired) electrons. The molecule has 0 aromatic heterocycles.